The van der Waals surface area contributed by atoms with E-state index < -0.39 is 4.92 Å². The topological polar surface area (TPSA) is 106 Å². The van der Waals surface area contributed by atoms with Gasteiger partial charge in [-0.25, -0.2) is 4.98 Å². The Morgan fingerprint density at radius 3 is 2.57 bits per heavy atom. The quantitative estimate of drug-likeness (QED) is 0.259. The second kappa shape index (κ2) is 9.89. The van der Waals surface area contributed by atoms with Crippen LogP contribution in [0.3, 0.4) is 0 Å². The van der Waals surface area contributed by atoms with Crippen LogP contribution in [0.2, 0.25) is 0 Å². The standard InChI is InChI=1S/C22H23N3O4S/c1-6-8-16(14(4)26)9-19(15(5)27)22-24-21(12-30-22)20-11-23-13(3)18(20)10-17(7-2)25(28)29/h7-12,23H,2,6H2,1,3-5H3/b16-8+,17-10+,19-9+. The van der Waals surface area contributed by atoms with E-state index in [0.29, 0.717) is 39.4 Å². The zero-order chi connectivity index (χ0) is 22.4. The smallest absolute Gasteiger partial charge is 0.269 e. The molecule has 30 heavy (non-hydrogen) atoms. The molecular formula is C22H23N3O4S. The van der Waals surface area contributed by atoms with Crippen LogP contribution in [-0.4, -0.2) is 26.5 Å². The molecule has 0 bridgehead atoms. The lowest BCUT2D eigenvalue weighted by Crippen LogP contribution is -2.00. The maximum Gasteiger partial charge on any atom is 0.269 e. The van der Waals surface area contributed by atoms with Gasteiger partial charge in [0.1, 0.15) is 5.01 Å². The van der Waals surface area contributed by atoms with Crippen molar-refractivity contribution in [3.05, 3.63) is 74.0 Å². The van der Waals surface area contributed by atoms with Gasteiger partial charge in [0.05, 0.1) is 16.2 Å². The summed E-state index contributed by atoms with van der Waals surface area (Å²) in [6.07, 6.45) is 8.35. The molecule has 156 valence electrons. The number of thiazole rings is 1. The van der Waals surface area contributed by atoms with Gasteiger partial charge in [-0.2, -0.15) is 0 Å². The number of aromatic nitrogens is 2. The van der Waals surface area contributed by atoms with Crippen molar-refractivity contribution in [1.82, 2.24) is 9.97 Å². The SMILES string of the molecule is C=C/C(=C\c1c(-c2csc(/C(=C/C(=C\CC)C(C)=O)C(C)=O)n2)c[nH]c1C)[N+](=O)[O-]. The second-order valence-electron chi connectivity index (χ2n) is 6.55. The zero-order valence-electron chi connectivity index (χ0n) is 17.3. The molecule has 0 spiro atoms. The molecule has 0 fully saturated rings. The number of hydrogen-bond acceptors (Lipinski definition) is 6. The van der Waals surface area contributed by atoms with Crippen LogP contribution < -0.4 is 0 Å². The molecular weight excluding hydrogens is 402 g/mol. The molecule has 2 aromatic heterocycles. The number of Topliss-reactive ketones (excluding diaryl/α,β-unsaturated/α-hetero) is 2. The molecule has 2 aromatic rings. The molecule has 0 aliphatic heterocycles. The average molecular weight is 426 g/mol. The van der Waals surface area contributed by atoms with Crippen molar-refractivity contribution < 1.29 is 14.5 Å². The molecule has 0 unspecified atom stereocenters. The first-order valence-electron chi connectivity index (χ1n) is 9.26. The highest BCUT2D eigenvalue weighted by molar-refractivity contribution is 7.11. The van der Waals surface area contributed by atoms with Crippen molar-refractivity contribution in [3.63, 3.8) is 0 Å². The molecule has 0 aromatic carbocycles. The summed E-state index contributed by atoms with van der Waals surface area (Å²) in [5, 5.41) is 13.4. The number of rotatable bonds is 9. The summed E-state index contributed by atoms with van der Waals surface area (Å²) in [5.41, 5.74) is 3.30. The van der Waals surface area contributed by atoms with Crippen molar-refractivity contribution in [2.45, 2.75) is 34.1 Å². The number of aromatic amines is 1. The third kappa shape index (κ3) is 5.15. The normalized spacial score (nSPS) is 12.7. The zero-order valence-corrected chi connectivity index (χ0v) is 18.1. The highest BCUT2D eigenvalue weighted by Crippen LogP contribution is 2.32. The Hall–Kier alpha value is -3.39. The number of hydrogen-bond donors (Lipinski definition) is 1. The second-order valence-corrected chi connectivity index (χ2v) is 7.41. The van der Waals surface area contributed by atoms with Gasteiger partial charge >= 0.3 is 0 Å². The van der Waals surface area contributed by atoms with Crippen molar-refractivity contribution >= 4 is 34.6 Å². The Morgan fingerprint density at radius 1 is 1.33 bits per heavy atom. The highest BCUT2D eigenvalue weighted by atomic mass is 32.1. The van der Waals surface area contributed by atoms with Gasteiger partial charge in [-0.15, -0.1) is 11.3 Å². The predicted molar refractivity (Wildman–Crippen MR) is 120 cm³/mol. The van der Waals surface area contributed by atoms with Crippen molar-refractivity contribution in [2.75, 3.05) is 0 Å². The van der Waals surface area contributed by atoms with Gasteiger partial charge < -0.3 is 4.98 Å². The molecule has 0 aliphatic rings. The Labute approximate surface area is 178 Å². The van der Waals surface area contributed by atoms with E-state index in [2.05, 4.69) is 16.5 Å². The van der Waals surface area contributed by atoms with E-state index in [1.807, 2.05) is 6.92 Å². The van der Waals surface area contributed by atoms with Gasteiger partial charge in [-0.1, -0.05) is 19.6 Å². The van der Waals surface area contributed by atoms with Crippen molar-refractivity contribution in [1.29, 1.82) is 0 Å². The molecule has 0 saturated heterocycles. The monoisotopic (exact) mass is 425 g/mol. The van der Waals surface area contributed by atoms with E-state index in [4.69, 9.17) is 0 Å². The molecule has 0 aliphatic carbocycles. The lowest BCUT2D eigenvalue weighted by molar-refractivity contribution is -0.417. The van der Waals surface area contributed by atoms with E-state index in [1.54, 1.807) is 30.7 Å². The summed E-state index contributed by atoms with van der Waals surface area (Å²) in [4.78, 5) is 42.4. The summed E-state index contributed by atoms with van der Waals surface area (Å²) in [6, 6.07) is 0. The molecule has 2 rings (SSSR count). The van der Waals surface area contributed by atoms with Crippen LogP contribution in [0, 0.1) is 17.0 Å². The van der Waals surface area contributed by atoms with Crippen molar-refractivity contribution in [3.8, 4) is 11.3 Å². The maximum absolute atomic E-state index is 12.2. The van der Waals surface area contributed by atoms with Crippen LogP contribution in [0.15, 0.2) is 47.7 Å². The molecule has 8 heteroatoms. The van der Waals surface area contributed by atoms with Crippen LogP contribution in [-0.2, 0) is 9.59 Å². The first kappa shape index (κ1) is 22.9. The average Bonchev–Trinajstić information content (AvgIpc) is 3.29. The number of allylic oxidation sites excluding steroid dienone is 5. The number of nitrogens with one attached hydrogen (secondary N) is 1. The molecule has 7 nitrogen and oxygen atoms in total. The van der Waals surface area contributed by atoms with Gasteiger partial charge in [0.15, 0.2) is 11.6 Å². The minimum Gasteiger partial charge on any atom is -0.364 e. The molecule has 1 N–H and O–H groups in total. The summed E-state index contributed by atoms with van der Waals surface area (Å²) in [5.74, 6) is -0.329. The first-order chi connectivity index (χ1) is 14.2. The fourth-order valence-electron chi connectivity index (χ4n) is 2.78. The Bertz CT molecular complexity index is 1100. The summed E-state index contributed by atoms with van der Waals surface area (Å²) in [6.45, 7) is 10.1. The minimum absolute atomic E-state index is 0.127. The van der Waals surface area contributed by atoms with Crippen molar-refractivity contribution in [2.24, 2.45) is 0 Å². The fraction of sp³-hybridized carbons (Fsp3) is 0.227. The van der Waals surface area contributed by atoms with Gasteiger partial charge in [-0.3, -0.25) is 19.7 Å². The number of H-pyrrole nitrogens is 1. The molecule has 0 radical (unpaired) electrons. The van der Waals surface area contributed by atoms with Crippen LogP contribution in [0.25, 0.3) is 22.9 Å². The van der Waals surface area contributed by atoms with Gasteiger partial charge in [0.2, 0.25) is 0 Å². The Kier molecular flexibility index (Phi) is 7.54. The first-order valence-corrected chi connectivity index (χ1v) is 10.1. The number of nitrogens with zero attached hydrogens (tertiary/aromatic N) is 2. The van der Waals surface area contributed by atoms with E-state index >= 15 is 0 Å². The molecule has 0 amide bonds. The third-order valence-electron chi connectivity index (χ3n) is 4.36. The lowest BCUT2D eigenvalue weighted by atomic mass is 10.0. The molecule has 0 atom stereocenters. The van der Waals surface area contributed by atoms with Crippen LogP contribution in [0.5, 0.6) is 0 Å². The molecule has 0 saturated carbocycles. The minimum atomic E-state index is -0.504. The lowest BCUT2D eigenvalue weighted by Gasteiger charge is -2.02. The summed E-state index contributed by atoms with van der Waals surface area (Å²) < 4.78 is 0. The Morgan fingerprint density at radius 2 is 2.03 bits per heavy atom. The van der Waals surface area contributed by atoms with Gasteiger partial charge in [0, 0.05) is 46.1 Å². The van der Waals surface area contributed by atoms with Crippen LogP contribution in [0.1, 0.15) is 43.5 Å². The fourth-order valence-corrected chi connectivity index (χ4v) is 3.67. The van der Waals surface area contributed by atoms with E-state index in [0.717, 1.165) is 5.69 Å². The third-order valence-corrected chi connectivity index (χ3v) is 5.24. The summed E-state index contributed by atoms with van der Waals surface area (Å²) in [7, 11) is 0. The number of ketones is 2. The number of nitro groups is 1. The number of aryl methyl sites for hydroxylation is 1. The number of carbonyl (C=O) groups excluding carboxylic acids is 2. The summed E-state index contributed by atoms with van der Waals surface area (Å²) >= 11 is 1.27. The van der Waals surface area contributed by atoms with Gasteiger partial charge in [0.25, 0.3) is 5.70 Å². The molecule has 2 heterocycles. The van der Waals surface area contributed by atoms with E-state index in [-0.39, 0.29) is 17.3 Å². The Balaban J connectivity index is 2.57. The van der Waals surface area contributed by atoms with E-state index in [1.165, 1.54) is 37.3 Å². The predicted octanol–water partition coefficient (Wildman–Crippen LogP) is 5.15. The van der Waals surface area contributed by atoms with Gasteiger partial charge in [-0.05, 0) is 33.3 Å². The van der Waals surface area contributed by atoms with Crippen LogP contribution >= 0.6 is 11.3 Å². The highest BCUT2D eigenvalue weighted by Gasteiger charge is 2.18. The van der Waals surface area contributed by atoms with E-state index in [9.17, 15) is 19.7 Å². The van der Waals surface area contributed by atoms with Crippen LogP contribution in [0.4, 0.5) is 0 Å². The maximum atomic E-state index is 12.2. The number of carbonyl (C=O) groups is 2. The largest absolute Gasteiger partial charge is 0.364 e.